The molecule has 2 N–H and O–H groups in total. The lowest BCUT2D eigenvalue weighted by molar-refractivity contribution is -0.136. The van der Waals surface area contributed by atoms with E-state index in [-0.39, 0.29) is 24.0 Å². The van der Waals surface area contributed by atoms with Crippen molar-refractivity contribution in [1.29, 1.82) is 0 Å². The van der Waals surface area contributed by atoms with Crippen LogP contribution in [0.25, 0.3) is 0 Å². The van der Waals surface area contributed by atoms with Crippen LogP contribution in [0.5, 0.6) is 11.5 Å². The van der Waals surface area contributed by atoms with E-state index in [0.29, 0.717) is 19.7 Å². The molecule has 3 rings (SSSR count). The first kappa shape index (κ1) is 15.2. The predicted octanol–water partition coefficient (Wildman–Crippen LogP) is 1.80. The highest BCUT2D eigenvalue weighted by molar-refractivity contribution is 5.79. The van der Waals surface area contributed by atoms with Gasteiger partial charge in [0.1, 0.15) is 6.61 Å². The van der Waals surface area contributed by atoms with Crippen LogP contribution in [0.4, 0.5) is 0 Å². The maximum atomic E-state index is 12.6. The quantitative estimate of drug-likeness (QED) is 0.921. The van der Waals surface area contributed by atoms with E-state index in [1.54, 1.807) is 0 Å². The Bertz CT molecular complexity index is 534. The molecule has 120 valence electrons. The lowest BCUT2D eigenvalue weighted by Gasteiger charge is -2.32. The minimum Gasteiger partial charge on any atom is -0.486 e. The van der Waals surface area contributed by atoms with Gasteiger partial charge in [0.15, 0.2) is 17.6 Å². The van der Waals surface area contributed by atoms with Crippen LogP contribution in [0.15, 0.2) is 24.3 Å². The largest absolute Gasteiger partial charge is 0.486 e. The fourth-order valence-electron chi connectivity index (χ4n) is 3.27. The van der Waals surface area contributed by atoms with Crippen LogP contribution in [0.2, 0.25) is 0 Å². The van der Waals surface area contributed by atoms with Crippen LogP contribution >= 0.6 is 0 Å². The summed E-state index contributed by atoms with van der Waals surface area (Å²) in [6.45, 7) is 3.73. The van der Waals surface area contributed by atoms with Crippen molar-refractivity contribution in [2.24, 2.45) is 11.7 Å². The number of nitrogens with two attached hydrogens (primary N) is 1. The van der Waals surface area contributed by atoms with Crippen molar-refractivity contribution in [2.45, 2.75) is 38.3 Å². The molecule has 1 saturated carbocycles. The van der Waals surface area contributed by atoms with Gasteiger partial charge in [0.05, 0.1) is 6.54 Å². The Labute approximate surface area is 131 Å². The van der Waals surface area contributed by atoms with Gasteiger partial charge in [-0.25, -0.2) is 0 Å². The lowest BCUT2D eigenvalue weighted by Crippen LogP contribution is -2.45. The van der Waals surface area contributed by atoms with Gasteiger partial charge in [-0.2, -0.15) is 0 Å². The molecule has 0 spiro atoms. The van der Waals surface area contributed by atoms with Crippen molar-refractivity contribution >= 4 is 5.91 Å². The van der Waals surface area contributed by atoms with Crippen LogP contribution in [0.3, 0.4) is 0 Å². The van der Waals surface area contributed by atoms with E-state index >= 15 is 0 Å². The van der Waals surface area contributed by atoms with Crippen LogP contribution in [0.1, 0.15) is 26.2 Å². The third-order valence-electron chi connectivity index (χ3n) is 4.51. The van der Waals surface area contributed by atoms with Gasteiger partial charge in [0, 0.05) is 18.5 Å². The van der Waals surface area contributed by atoms with Crippen molar-refractivity contribution < 1.29 is 14.3 Å². The molecule has 1 aromatic rings. The average Bonchev–Trinajstić information content (AvgIpc) is 2.98. The van der Waals surface area contributed by atoms with E-state index in [9.17, 15) is 4.79 Å². The first-order valence-electron chi connectivity index (χ1n) is 8.10. The molecule has 1 aliphatic heterocycles. The first-order chi connectivity index (χ1) is 10.7. The van der Waals surface area contributed by atoms with Gasteiger partial charge in [-0.1, -0.05) is 12.1 Å². The molecule has 5 heteroatoms. The number of amides is 1. The number of rotatable bonds is 4. The Balaban J connectivity index is 1.60. The number of carbonyl (C=O) groups excluding carboxylic acids is 1. The number of nitrogens with zero attached hydrogens (tertiary/aromatic N) is 1. The van der Waals surface area contributed by atoms with Crippen LogP contribution in [-0.4, -0.2) is 42.6 Å². The van der Waals surface area contributed by atoms with E-state index in [4.69, 9.17) is 15.2 Å². The van der Waals surface area contributed by atoms with Crippen molar-refractivity contribution in [1.82, 2.24) is 4.90 Å². The number of hydrogen-bond donors (Lipinski definition) is 1. The molecule has 22 heavy (non-hydrogen) atoms. The Morgan fingerprint density at radius 2 is 2.09 bits per heavy atom. The standard InChI is InChI=1S/C17H24N2O3/c1-2-19(17(20)12-7-8-13(18)9-12)10-14-11-21-15-5-3-4-6-16(15)22-14/h3-6,12-14H,2,7-11,18H2,1H3. The molecule has 0 bridgehead atoms. The second-order valence-electron chi connectivity index (χ2n) is 6.14. The summed E-state index contributed by atoms with van der Waals surface area (Å²) in [5.41, 5.74) is 5.93. The summed E-state index contributed by atoms with van der Waals surface area (Å²) in [5, 5.41) is 0. The molecule has 1 fully saturated rings. The minimum absolute atomic E-state index is 0.0757. The zero-order chi connectivity index (χ0) is 15.5. The maximum Gasteiger partial charge on any atom is 0.225 e. The van der Waals surface area contributed by atoms with E-state index in [1.165, 1.54) is 0 Å². The van der Waals surface area contributed by atoms with Gasteiger partial charge < -0.3 is 20.1 Å². The first-order valence-corrected chi connectivity index (χ1v) is 8.10. The number of likely N-dealkylation sites (N-methyl/N-ethyl adjacent to an activating group) is 1. The smallest absolute Gasteiger partial charge is 0.225 e. The summed E-state index contributed by atoms with van der Waals surface area (Å²) in [6.07, 6.45) is 2.54. The monoisotopic (exact) mass is 304 g/mol. The predicted molar refractivity (Wildman–Crippen MR) is 83.9 cm³/mol. The SMILES string of the molecule is CCN(CC1COc2ccccc2O1)C(=O)C1CCC(N)C1. The second-order valence-corrected chi connectivity index (χ2v) is 6.14. The second kappa shape index (κ2) is 6.57. The van der Waals surface area contributed by atoms with Crippen molar-refractivity contribution in [3.63, 3.8) is 0 Å². The van der Waals surface area contributed by atoms with E-state index < -0.39 is 0 Å². The molecule has 1 aromatic carbocycles. The number of para-hydroxylation sites is 2. The molecule has 0 radical (unpaired) electrons. The number of benzene rings is 1. The molecule has 0 aromatic heterocycles. The number of carbonyl (C=O) groups is 1. The number of fused-ring (bicyclic) bond motifs is 1. The lowest BCUT2D eigenvalue weighted by atomic mass is 10.1. The summed E-state index contributed by atoms with van der Waals surface area (Å²) in [7, 11) is 0. The van der Waals surface area contributed by atoms with Gasteiger partial charge in [0.25, 0.3) is 0 Å². The zero-order valence-corrected chi connectivity index (χ0v) is 13.0. The van der Waals surface area contributed by atoms with Crippen molar-refractivity contribution in [3.8, 4) is 11.5 Å². The Morgan fingerprint density at radius 3 is 2.77 bits per heavy atom. The molecule has 3 atom stereocenters. The van der Waals surface area contributed by atoms with Gasteiger partial charge >= 0.3 is 0 Å². The average molecular weight is 304 g/mol. The molecular formula is C17H24N2O3. The van der Waals surface area contributed by atoms with Crippen LogP contribution in [-0.2, 0) is 4.79 Å². The highest BCUT2D eigenvalue weighted by atomic mass is 16.6. The van der Waals surface area contributed by atoms with Crippen LogP contribution < -0.4 is 15.2 Å². The van der Waals surface area contributed by atoms with Gasteiger partial charge in [-0.15, -0.1) is 0 Å². The summed E-state index contributed by atoms with van der Waals surface area (Å²) in [5.74, 6) is 1.81. The molecule has 1 aliphatic carbocycles. The summed E-state index contributed by atoms with van der Waals surface area (Å²) in [4.78, 5) is 14.5. The Morgan fingerprint density at radius 1 is 1.32 bits per heavy atom. The molecular weight excluding hydrogens is 280 g/mol. The van der Waals surface area contributed by atoms with Crippen molar-refractivity contribution in [3.05, 3.63) is 24.3 Å². The molecule has 2 aliphatic rings. The highest BCUT2D eigenvalue weighted by Gasteiger charge is 2.32. The zero-order valence-electron chi connectivity index (χ0n) is 13.0. The van der Waals surface area contributed by atoms with Gasteiger partial charge in [0.2, 0.25) is 5.91 Å². The van der Waals surface area contributed by atoms with Gasteiger partial charge in [-0.05, 0) is 38.3 Å². The van der Waals surface area contributed by atoms with E-state index in [0.717, 1.165) is 30.8 Å². The molecule has 3 unspecified atom stereocenters. The topological polar surface area (TPSA) is 64.8 Å². The number of ether oxygens (including phenoxy) is 2. The fraction of sp³-hybridized carbons (Fsp3) is 0.588. The normalized spacial score (nSPS) is 26.7. The molecule has 5 nitrogen and oxygen atoms in total. The Hall–Kier alpha value is -1.75. The maximum absolute atomic E-state index is 12.6. The summed E-state index contributed by atoms with van der Waals surface area (Å²) < 4.78 is 11.7. The Kier molecular flexibility index (Phi) is 4.52. The fourth-order valence-corrected chi connectivity index (χ4v) is 3.27. The third kappa shape index (κ3) is 3.19. The summed E-state index contributed by atoms with van der Waals surface area (Å²) >= 11 is 0. The van der Waals surface area contributed by atoms with Gasteiger partial charge in [-0.3, -0.25) is 4.79 Å². The molecule has 0 saturated heterocycles. The van der Waals surface area contributed by atoms with Crippen LogP contribution in [0, 0.1) is 5.92 Å². The number of hydrogen-bond acceptors (Lipinski definition) is 4. The highest BCUT2D eigenvalue weighted by Crippen LogP contribution is 2.31. The molecule has 1 amide bonds. The van der Waals surface area contributed by atoms with E-state index in [1.807, 2.05) is 36.1 Å². The van der Waals surface area contributed by atoms with E-state index in [2.05, 4.69) is 0 Å². The molecule has 1 heterocycles. The third-order valence-corrected chi connectivity index (χ3v) is 4.51. The van der Waals surface area contributed by atoms with Crippen molar-refractivity contribution in [2.75, 3.05) is 19.7 Å². The minimum atomic E-state index is -0.117. The summed E-state index contributed by atoms with van der Waals surface area (Å²) in [6, 6.07) is 7.82.